The van der Waals surface area contributed by atoms with E-state index in [1.807, 2.05) is 0 Å². The first kappa shape index (κ1) is 10.4. The highest BCUT2D eigenvalue weighted by Crippen LogP contribution is 2.33. The van der Waals surface area contributed by atoms with Gasteiger partial charge in [-0.3, -0.25) is 0 Å². The minimum absolute atomic E-state index is 0.106. The molecule has 0 bridgehead atoms. The molecule has 0 radical (unpaired) electrons. The van der Waals surface area contributed by atoms with Crippen molar-refractivity contribution >= 4 is 16.9 Å². The Morgan fingerprint density at radius 1 is 1.19 bits per heavy atom. The van der Waals surface area contributed by atoms with Crippen molar-refractivity contribution in [3.63, 3.8) is 0 Å². The van der Waals surface area contributed by atoms with E-state index in [0.717, 1.165) is 0 Å². The van der Waals surface area contributed by atoms with Gasteiger partial charge in [-0.05, 0) is 12.1 Å². The highest BCUT2D eigenvalue weighted by atomic mass is 16.5. The predicted octanol–water partition coefficient (Wildman–Crippen LogP) is 2.15. The lowest BCUT2D eigenvalue weighted by Crippen LogP contribution is -1.91. The zero-order chi connectivity index (χ0) is 11.7. The molecule has 16 heavy (non-hydrogen) atoms. The normalized spacial score (nSPS) is 10.4. The van der Waals surface area contributed by atoms with Crippen LogP contribution in [0.5, 0.6) is 11.5 Å². The number of furan rings is 1. The topological polar surface area (TPSA) is 68.9 Å². The molecule has 0 atom stereocenters. The average Bonchev–Trinajstić information content (AvgIpc) is 2.69. The van der Waals surface area contributed by atoms with Crippen LogP contribution < -0.4 is 9.47 Å². The van der Waals surface area contributed by atoms with Gasteiger partial charge in [0.15, 0.2) is 11.5 Å². The summed E-state index contributed by atoms with van der Waals surface area (Å²) in [4.78, 5) is 10.7. The summed E-state index contributed by atoms with van der Waals surface area (Å²) in [7, 11) is 3.02. The predicted molar refractivity (Wildman–Crippen MR) is 56.3 cm³/mol. The lowest BCUT2D eigenvalue weighted by atomic mass is 10.2. The molecule has 1 aromatic heterocycles. The maximum absolute atomic E-state index is 10.7. The first-order valence-electron chi connectivity index (χ1n) is 4.54. The SMILES string of the molecule is COc1cc2cc(C(=O)O)oc2cc1OC. The molecular weight excluding hydrogens is 212 g/mol. The van der Waals surface area contributed by atoms with E-state index < -0.39 is 5.97 Å². The average molecular weight is 222 g/mol. The summed E-state index contributed by atoms with van der Waals surface area (Å²) in [5, 5.41) is 9.44. The molecule has 0 saturated carbocycles. The number of fused-ring (bicyclic) bond motifs is 1. The molecule has 5 nitrogen and oxygen atoms in total. The number of methoxy groups -OCH3 is 2. The van der Waals surface area contributed by atoms with Crippen LogP contribution in [0, 0.1) is 0 Å². The lowest BCUT2D eigenvalue weighted by Gasteiger charge is -2.06. The molecule has 1 N–H and O–H groups in total. The van der Waals surface area contributed by atoms with E-state index in [4.69, 9.17) is 19.0 Å². The van der Waals surface area contributed by atoms with Crippen molar-refractivity contribution in [1.82, 2.24) is 0 Å². The molecule has 0 fully saturated rings. The summed E-state index contributed by atoms with van der Waals surface area (Å²) >= 11 is 0. The zero-order valence-electron chi connectivity index (χ0n) is 8.81. The number of hydrogen-bond acceptors (Lipinski definition) is 4. The minimum Gasteiger partial charge on any atom is -0.493 e. The van der Waals surface area contributed by atoms with Crippen molar-refractivity contribution in [2.75, 3.05) is 14.2 Å². The van der Waals surface area contributed by atoms with Crippen LogP contribution in [0.3, 0.4) is 0 Å². The Kier molecular flexibility index (Phi) is 2.44. The van der Waals surface area contributed by atoms with Crippen LogP contribution in [0.25, 0.3) is 11.0 Å². The zero-order valence-corrected chi connectivity index (χ0v) is 8.81. The highest BCUT2D eigenvalue weighted by molar-refractivity contribution is 5.92. The van der Waals surface area contributed by atoms with Crippen molar-refractivity contribution in [2.45, 2.75) is 0 Å². The second kappa shape index (κ2) is 3.77. The van der Waals surface area contributed by atoms with Gasteiger partial charge in [-0.25, -0.2) is 4.79 Å². The van der Waals surface area contributed by atoms with Gasteiger partial charge in [-0.1, -0.05) is 0 Å². The molecule has 0 aliphatic carbocycles. The summed E-state index contributed by atoms with van der Waals surface area (Å²) in [5.41, 5.74) is 0.454. The van der Waals surface area contributed by atoms with E-state index >= 15 is 0 Å². The molecule has 0 aliphatic heterocycles. The second-order valence-electron chi connectivity index (χ2n) is 3.16. The van der Waals surface area contributed by atoms with Crippen LogP contribution in [-0.2, 0) is 0 Å². The lowest BCUT2D eigenvalue weighted by molar-refractivity contribution is 0.0665. The Bertz CT molecular complexity index is 500. The van der Waals surface area contributed by atoms with Crippen LogP contribution >= 0.6 is 0 Å². The van der Waals surface area contributed by atoms with Gasteiger partial charge in [0.1, 0.15) is 5.58 Å². The Balaban J connectivity index is 2.64. The third-order valence-electron chi connectivity index (χ3n) is 2.23. The molecular formula is C11H10O5. The van der Waals surface area contributed by atoms with Crippen molar-refractivity contribution in [3.8, 4) is 11.5 Å². The fourth-order valence-corrected chi connectivity index (χ4v) is 1.47. The van der Waals surface area contributed by atoms with E-state index in [1.54, 1.807) is 12.1 Å². The van der Waals surface area contributed by atoms with Crippen LogP contribution in [-0.4, -0.2) is 25.3 Å². The quantitative estimate of drug-likeness (QED) is 0.861. The van der Waals surface area contributed by atoms with Gasteiger partial charge in [-0.15, -0.1) is 0 Å². The highest BCUT2D eigenvalue weighted by Gasteiger charge is 2.13. The summed E-state index contributed by atoms with van der Waals surface area (Å²) in [6.45, 7) is 0. The molecule has 0 saturated heterocycles. The van der Waals surface area contributed by atoms with Crippen molar-refractivity contribution in [2.24, 2.45) is 0 Å². The van der Waals surface area contributed by atoms with Gasteiger partial charge in [0, 0.05) is 11.5 Å². The molecule has 5 heteroatoms. The maximum Gasteiger partial charge on any atom is 0.371 e. The Morgan fingerprint density at radius 2 is 1.81 bits per heavy atom. The Labute approximate surface area is 91.2 Å². The molecule has 1 aromatic carbocycles. The van der Waals surface area contributed by atoms with Gasteiger partial charge < -0.3 is 19.0 Å². The maximum atomic E-state index is 10.7. The van der Waals surface area contributed by atoms with Crippen LogP contribution in [0.1, 0.15) is 10.6 Å². The third-order valence-corrected chi connectivity index (χ3v) is 2.23. The van der Waals surface area contributed by atoms with Crippen LogP contribution in [0.4, 0.5) is 0 Å². The molecule has 0 amide bonds. The second-order valence-corrected chi connectivity index (χ2v) is 3.16. The number of benzene rings is 1. The smallest absolute Gasteiger partial charge is 0.371 e. The standard InChI is InChI=1S/C11H10O5/c1-14-8-3-6-4-10(11(12)13)16-7(6)5-9(8)15-2/h3-5H,1-2H3,(H,12,13). The Hall–Kier alpha value is -2.17. The monoisotopic (exact) mass is 222 g/mol. The molecule has 0 spiro atoms. The fourth-order valence-electron chi connectivity index (χ4n) is 1.47. The molecule has 1 heterocycles. The van der Waals surface area contributed by atoms with Crippen LogP contribution in [0.2, 0.25) is 0 Å². The minimum atomic E-state index is -1.10. The van der Waals surface area contributed by atoms with Crippen molar-refractivity contribution in [1.29, 1.82) is 0 Å². The van der Waals surface area contributed by atoms with Gasteiger partial charge in [0.2, 0.25) is 5.76 Å². The number of carbonyl (C=O) groups is 1. The number of aromatic carboxylic acids is 1. The van der Waals surface area contributed by atoms with Gasteiger partial charge in [0.25, 0.3) is 0 Å². The number of hydrogen-bond donors (Lipinski definition) is 1. The van der Waals surface area contributed by atoms with E-state index in [1.165, 1.54) is 20.3 Å². The molecule has 0 unspecified atom stereocenters. The van der Waals surface area contributed by atoms with E-state index in [2.05, 4.69) is 0 Å². The van der Waals surface area contributed by atoms with Crippen molar-refractivity contribution < 1.29 is 23.8 Å². The van der Waals surface area contributed by atoms with E-state index in [0.29, 0.717) is 22.5 Å². The summed E-state index contributed by atoms with van der Waals surface area (Å²) in [6.07, 6.45) is 0. The molecule has 2 aromatic rings. The van der Waals surface area contributed by atoms with Gasteiger partial charge in [-0.2, -0.15) is 0 Å². The molecule has 84 valence electrons. The van der Waals surface area contributed by atoms with Gasteiger partial charge in [0.05, 0.1) is 14.2 Å². The first-order valence-corrected chi connectivity index (χ1v) is 4.54. The fraction of sp³-hybridized carbons (Fsp3) is 0.182. The summed E-state index contributed by atoms with van der Waals surface area (Å²) < 4.78 is 15.3. The Morgan fingerprint density at radius 3 is 2.38 bits per heavy atom. The summed E-state index contributed by atoms with van der Waals surface area (Å²) in [5.74, 6) is -0.173. The molecule has 2 rings (SSSR count). The van der Waals surface area contributed by atoms with Gasteiger partial charge >= 0.3 is 5.97 Å². The first-order chi connectivity index (χ1) is 7.65. The number of ether oxygens (including phenoxy) is 2. The number of carboxylic acids is 1. The third kappa shape index (κ3) is 1.56. The van der Waals surface area contributed by atoms with Crippen LogP contribution in [0.15, 0.2) is 22.6 Å². The number of carboxylic acid groups (broad SMARTS) is 1. The largest absolute Gasteiger partial charge is 0.493 e. The van der Waals surface area contributed by atoms with Crippen molar-refractivity contribution in [3.05, 3.63) is 24.0 Å². The number of rotatable bonds is 3. The summed E-state index contributed by atoms with van der Waals surface area (Å²) in [6, 6.07) is 4.71. The van der Waals surface area contributed by atoms with E-state index in [-0.39, 0.29) is 5.76 Å². The molecule has 0 aliphatic rings. The van der Waals surface area contributed by atoms with E-state index in [9.17, 15) is 4.79 Å².